The van der Waals surface area contributed by atoms with Gasteiger partial charge in [0.1, 0.15) is 0 Å². The Bertz CT molecular complexity index is 328. The van der Waals surface area contributed by atoms with Gasteiger partial charge in [-0.05, 0) is 12.8 Å². The predicted octanol–water partition coefficient (Wildman–Crippen LogP) is 0.955. The second kappa shape index (κ2) is 6.98. The van der Waals surface area contributed by atoms with E-state index in [1.54, 1.807) is 4.90 Å². The van der Waals surface area contributed by atoms with Crippen molar-refractivity contribution in [2.45, 2.75) is 38.5 Å². The Morgan fingerprint density at radius 3 is 2.39 bits per heavy atom. The number of nitrogens with zero attached hydrogens (tertiary/aromatic N) is 1. The van der Waals surface area contributed by atoms with Crippen LogP contribution in [-0.2, 0) is 14.4 Å². The molecule has 6 nitrogen and oxygen atoms in total. The van der Waals surface area contributed by atoms with Gasteiger partial charge in [0.05, 0.1) is 5.92 Å². The molecule has 1 amide bonds. The molecule has 1 aliphatic heterocycles. The maximum absolute atomic E-state index is 11.5. The fraction of sp³-hybridized carbons (Fsp3) is 0.750. The van der Waals surface area contributed by atoms with Crippen molar-refractivity contribution >= 4 is 17.8 Å². The molecule has 1 aliphatic rings. The maximum Gasteiger partial charge on any atom is 0.308 e. The smallest absolute Gasteiger partial charge is 0.308 e. The molecule has 6 heteroatoms. The van der Waals surface area contributed by atoms with Crippen LogP contribution in [0.1, 0.15) is 38.5 Å². The summed E-state index contributed by atoms with van der Waals surface area (Å²) in [6.45, 7) is 0.888. The molecular weight excluding hydrogens is 238 g/mol. The highest BCUT2D eigenvalue weighted by Gasteiger charge is 2.33. The normalized spacial score (nSPS) is 19.2. The summed E-state index contributed by atoms with van der Waals surface area (Å²) in [5.41, 5.74) is 0. The minimum atomic E-state index is -0.910. The highest BCUT2D eigenvalue weighted by molar-refractivity contribution is 5.86. The van der Waals surface area contributed by atoms with Gasteiger partial charge in [-0.3, -0.25) is 14.4 Å². The zero-order valence-electron chi connectivity index (χ0n) is 10.3. The van der Waals surface area contributed by atoms with Crippen molar-refractivity contribution in [2.75, 3.05) is 13.1 Å². The van der Waals surface area contributed by atoms with Crippen LogP contribution in [0.5, 0.6) is 0 Å². The van der Waals surface area contributed by atoms with Gasteiger partial charge in [0, 0.05) is 25.9 Å². The summed E-state index contributed by atoms with van der Waals surface area (Å²) in [5, 5.41) is 17.3. The van der Waals surface area contributed by atoms with Crippen molar-refractivity contribution in [1.29, 1.82) is 0 Å². The molecule has 0 bridgehead atoms. The molecule has 0 aromatic rings. The van der Waals surface area contributed by atoms with Crippen molar-refractivity contribution in [2.24, 2.45) is 5.92 Å². The molecule has 18 heavy (non-hydrogen) atoms. The van der Waals surface area contributed by atoms with E-state index in [0.29, 0.717) is 19.5 Å². The number of carboxylic acid groups (broad SMARTS) is 2. The minimum Gasteiger partial charge on any atom is -0.481 e. The zero-order valence-corrected chi connectivity index (χ0v) is 10.3. The third-order valence-corrected chi connectivity index (χ3v) is 3.13. The van der Waals surface area contributed by atoms with Gasteiger partial charge >= 0.3 is 11.9 Å². The van der Waals surface area contributed by atoms with Crippen LogP contribution in [-0.4, -0.2) is 46.0 Å². The van der Waals surface area contributed by atoms with Gasteiger partial charge in [0.25, 0.3) is 0 Å². The average Bonchev–Trinajstić information content (AvgIpc) is 2.65. The molecule has 0 spiro atoms. The Balaban J connectivity index is 2.11. The summed E-state index contributed by atoms with van der Waals surface area (Å²) in [4.78, 5) is 34.1. The topological polar surface area (TPSA) is 94.9 Å². The van der Waals surface area contributed by atoms with Crippen LogP contribution in [0.2, 0.25) is 0 Å². The van der Waals surface area contributed by atoms with Gasteiger partial charge in [-0.1, -0.05) is 12.8 Å². The summed E-state index contributed by atoms with van der Waals surface area (Å²) in [7, 11) is 0. The molecule has 0 radical (unpaired) electrons. The number of carbonyl (C=O) groups excluding carboxylic acids is 1. The molecule has 102 valence electrons. The van der Waals surface area contributed by atoms with E-state index in [1.165, 1.54) is 0 Å². The zero-order chi connectivity index (χ0) is 13.5. The van der Waals surface area contributed by atoms with E-state index in [2.05, 4.69) is 0 Å². The summed E-state index contributed by atoms with van der Waals surface area (Å²) in [6, 6.07) is 0. The second-order valence-corrected chi connectivity index (χ2v) is 4.64. The first-order valence-corrected chi connectivity index (χ1v) is 6.23. The molecule has 1 saturated heterocycles. The van der Waals surface area contributed by atoms with E-state index in [-0.39, 0.29) is 18.7 Å². The summed E-state index contributed by atoms with van der Waals surface area (Å²) >= 11 is 0. The molecular formula is C12H19NO5. The summed E-state index contributed by atoms with van der Waals surface area (Å²) < 4.78 is 0. The van der Waals surface area contributed by atoms with Gasteiger partial charge < -0.3 is 15.1 Å². The third-order valence-electron chi connectivity index (χ3n) is 3.13. The predicted molar refractivity (Wildman–Crippen MR) is 63.0 cm³/mol. The standard InChI is InChI=1S/C12H19NO5/c14-10-7-9(12(17)18)8-13(10)6-4-2-1-3-5-11(15)16/h9H,1-8H2,(H,15,16)(H,17,18). The Morgan fingerprint density at radius 2 is 1.83 bits per heavy atom. The van der Waals surface area contributed by atoms with E-state index in [0.717, 1.165) is 19.3 Å². The number of likely N-dealkylation sites (tertiary alicyclic amines) is 1. The SMILES string of the molecule is O=C(O)CCCCCCN1CC(C(=O)O)CC1=O. The minimum absolute atomic E-state index is 0.0899. The van der Waals surface area contributed by atoms with E-state index in [4.69, 9.17) is 10.2 Å². The van der Waals surface area contributed by atoms with Gasteiger partial charge in [-0.15, -0.1) is 0 Å². The van der Waals surface area contributed by atoms with Crippen LogP contribution in [0.4, 0.5) is 0 Å². The number of hydrogen-bond acceptors (Lipinski definition) is 3. The Kier molecular flexibility index (Phi) is 5.61. The average molecular weight is 257 g/mol. The first kappa shape index (κ1) is 14.5. The third kappa shape index (κ3) is 4.73. The van der Waals surface area contributed by atoms with E-state index < -0.39 is 17.9 Å². The molecule has 1 fully saturated rings. The van der Waals surface area contributed by atoms with E-state index in [1.807, 2.05) is 0 Å². The number of hydrogen-bond donors (Lipinski definition) is 2. The molecule has 0 aromatic heterocycles. The molecule has 1 rings (SSSR count). The fourth-order valence-corrected chi connectivity index (χ4v) is 2.09. The first-order valence-electron chi connectivity index (χ1n) is 6.23. The number of rotatable bonds is 8. The van der Waals surface area contributed by atoms with Crippen molar-refractivity contribution < 1.29 is 24.6 Å². The Hall–Kier alpha value is -1.59. The van der Waals surface area contributed by atoms with Crippen LogP contribution in [0.25, 0.3) is 0 Å². The first-order chi connectivity index (χ1) is 8.50. The number of aliphatic carboxylic acids is 2. The fourth-order valence-electron chi connectivity index (χ4n) is 2.09. The van der Waals surface area contributed by atoms with E-state index in [9.17, 15) is 14.4 Å². The lowest BCUT2D eigenvalue weighted by Crippen LogP contribution is -2.27. The monoisotopic (exact) mass is 257 g/mol. The van der Waals surface area contributed by atoms with Gasteiger partial charge in [-0.25, -0.2) is 0 Å². The van der Waals surface area contributed by atoms with Crippen molar-refractivity contribution in [3.05, 3.63) is 0 Å². The Labute approximate surface area is 106 Å². The van der Waals surface area contributed by atoms with E-state index >= 15 is 0 Å². The lowest BCUT2D eigenvalue weighted by molar-refractivity contribution is -0.141. The molecule has 0 aliphatic carbocycles. The maximum atomic E-state index is 11.5. The highest BCUT2D eigenvalue weighted by atomic mass is 16.4. The highest BCUT2D eigenvalue weighted by Crippen LogP contribution is 2.18. The number of unbranched alkanes of at least 4 members (excludes halogenated alkanes) is 3. The molecule has 2 N–H and O–H groups in total. The molecule has 1 heterocycles. The number of amides is 1. The van der Waals surface area contributed by atoms with Gasteiger partial charge in [0.2, 0.25) is 5.91 Å². The number of carboxylic acids is 2. The summed E-state index contributed by atoms with van der Waals surface area (Å²) in [5.74, 6) is -2.35. The Morgan fingerprint density at radius 1 is 1.17 bits per heavy atom. The van der Waals surface area contributed by atoms with Crippen LogP contribution in [0.15, 0.2) is 0 Å². The quantitative estimate of drug-likeness (QED) is 0.631. The molecule has 0 aromatic carbocycles. The van der Waals surface area contributed by atoms with Gasteiger partial charge in [0.15, 0.2) is 0 Å². The van der Waals surface area contributed by atoms with Crippen molar-refractivity contribution in [3.8, 4) is 0 Å². The lowest BCUT2D eigenvalue weighted by atomic mass is 10.1. The molecule has 0 saturated carbocycles. The van der Waals surface area contributed by atoms with Crippen LogP contribution < -0.4 is 0 Å². The largest absolute Gasteiger partial charge is 0.481 e. The van der Waals surface area contributed by atoms with Crippen LogP contribution in [0.3, 0.4) is 0 Å². The van der Waals surface area contributed by atoms with Crippen LogP contribution >= 0.6 is 0 Å². The summed E-state index contributed by atoms with van der Waals surface area (Å²) in [6.07, 6.45) is 3.45. The molecule has 1 atom stereocenters. The molecule has 1 unspecified atom stereocenters. The second-order valence-electron chi connectivity index (χ2n) is 4.64. The lowest BCUT2D eigenvalue weighted by Gasteiger charge is -2.15. The number of carbonyl (C=O) groups is 3. The van der Waals surface area contributed by atoms with Crippen molar-refractivity contribution in [1.82, 2.24) is 4.90 Å². The van der Waals surface area contributed by atoms with Crippen molar-refractivity contribution in [3.63, 3.8) is 0 Å². The van der Waals surface area contributed by atoms with Crippen LogP contribution in [0, 0.1) is 5.92 Å². The van der Waals surface area contributed by atoms with Gasteiger partial charge in [-0.2, -0.15) is 0 Å².